The van der Waals surface area contributed by atoms with Crippen molar-refractivity contribution in [2.24, 2.45) is 0 Å². The predicted molar refractivity (Wildman–Crippen MR) is 88.0 cm³/mol. The molecule has 2 aromatic carbocycles. The molecule has 0 unspecified atom stereocenters. The zero-order chi connectivity index (χ0) is 14.6. The SMILES string of the molecule is C(=C\CNCc1ccccc1)/CCOCc1ccccc1. The molecule has 0 fully saturated rings. The molecule has 0 saturated heterocycles. The predicted octanol–water partition coefficient (Wildman–Crippen LogP) is 3.94. The second-order valence-electron chi connectivity index (χ2n) is 4.91. The summed E-state index contributed by atoms with van der Waals surface area (Å²) in [5.41, 5.74) is 2.54. The highest BCUT2D eigenvalue weighted by Gasteiger charge is 1.90. The summed E-state index contributed by atoms with van der Waals surface area (Å²) in [6.07, 6.45) is 5.29. The summed E-state index contributed by atoms with van der Waals surface area (Å²) in [6, 6.07) is 20.7. The molecule has 2 nitrogen and oxygen atoms in total. The van der Waals surface area contributed by atoms with Crippen LogP contribution in [-0.4, -0.2) is 13.2 Å². The minimum Gasteiger partial charge on any atom is -0.376 e. The molecular weight excluding hydrogens is 258 g/mol. The van der Waals surface area contributed by atoms with E-state index in [1.54, 1.807) is 0 Å². The highest BCUT2D eigenvalue weighted by atomic mass is 16.5. The molecule has 2 rings (SSSR count). The van der Waals surface area contributed by atoms with E-state index in [2.05, 4.69) is 53.9 Å². The molecule has 1 N–H and O–H groups in total. The summed E-state index contributed by atoms with van der Waals surface area (Å²) in [5.74, 6) is 0. The summed E-state index contributed by atoms with van der Waals surface area (Å²) in [4.78, 5) is 0. The van der Waals surface area contributed by atoms with Crippen LogP contribution < -0.4 is 5.32 Å². The smallest absolute Gasteiger partial charge is 0.0717 e. The molecule has 0 amide bonds. The molecule has 0 aromatic heterocycles. The lowest BCUT2D eigenvalue weighted by Gasteiger charge is -2.02. The van der Waals surface area contributed by atoms with Gasteiger partial charge >= 0.3 is 0 Å². The Balaban J connectivity index is 1.47. The van der Waals surface area contributed by atoms with Gasteiger partial charge in [-0.3, -0.25) is 0 Å². The lowest BCUT2D eigenvalue weighted by molar-refractivity contribution is 0.125. The maximum atomic E-state index is 5.62. The molecule has 0 radical (unpaired) electrons. The third kappa shape index (κ3) is 6.89. The molecule has 0 heterocycles. The van der Waals surface area contributed by atoms with E-state index in [0.29, 0.717) is 6.61 Å². The van der Waals surface area contributed by atoms with Crippen LogP contribution in [0.1, 0.15) is 17.5 Å². The van der Waals surface area contributed by atoms with Crippen LogP contribution in [0.4, 0.5) is 0 Å². The van der Waals surface area contributed by atoms with Gasteiger partial charge in [0.05, 0.1) is 13.2 Å². The van der Waals surface area contributed by atoms with Gasteiger partial charge in [-0.1, -0.05) is 72.8 Å². The summed E-state index contributed by atoms with van der Waals surface area (Å²) in [7, 11) is 0. The first-order valence-electron chi connectivity index (χ1n) is 7.46. The molecule has 0 atom stereocenters. The maximum Gasteiger partial charge on any atom is 0.0717 e. The number of nitrogens with one attached hydrogen (secondary N) is 1. The monoisotopic (exact) mass is 281 g/mol. The summed E-state index contributed by atoms with van der Waals surface area (Å²) in [6.45, 7) is 3.27. The van der Waals surface area contributed by atoms with E-state index < -0.39 is 0 Å². The van der Waals surface area contributed by atoms with Gasteiger partial charge in [0, 0.05) is 13.1 Å². The fourth-order valence-corrected chi connectivity index (χ4v) is 2.01. The van der Waals surface area contributed by atoms with Gasteiger partial charge in [0.15, 0.2) is 0 Å². The average Bonchev–Trinajstić information content (AvgIpc) is 2.55. The van der Waals surface area contributed by atoms with E-state index in [1.807, 2.05) is 24.3 Å². The van der Waals surface area contributed by atoms with E-state index in [9.17, 15) is 0 Å². The van der Waals surface area contributed by atoms with Crippen LogP contribution in [0.25, 0.3) is 0 Å². The Hall–Kier alpha value is -1.90. The standard InChI is InChI=1S/C19H23NO/c1-4-10-18(11-5-1)16-20-14-8-3-9-15-21-17-19-12-6-2-7-13-19/h1-8,10-13,20H,9,14-17H2/b8-3+. The third-order valence-electron chi connectivity index (χ3n) is 3.14. The Morgan fingerprint density at radius 3 is 2.19 bits per heavy atom. The zero-order valence-corrected chi connectivity index (χ0v) is 12.4. The fraction of sp³-hybridized carbons (Fsp3) is 0.263. The second kappa shape index (κ2) is 9.92. The molecule has 110 valence electrons. The quantitative estimate of drug-likeness (QED) is 0.555. The Bertz CT molecular complexity index is 508. The van der Waals surface area contributed by atoms with Crippen molar-refractivity contribution in [2.45, 2.75) is 19.6 Å². The van der Waals surface area contributed by atoms with E-state index >= 15 is 0 Å². The van der Waals surface area contributed by atoms with Crippen LogP contribution >= 0.6 is 0 Å². The Morgan fingerprint density at radius 1 is 0.810 bits per heavy atom. The van der Waals surface area contributed by atoms with Gasteiger partial charge in [-0.05, 0) is 17.5 Å². The van der Waals surface area contributed by atoms with Gasteiger partial charge < -0.3 is 10.1 Å². The molecular formula is C19H23NO. The summed E-state index contributed by atoms with van der Waals surface area (Å²) >= 11 is 0. The molecule has 0 saturated carbocycles. The number of rotatable bonds is 9. The van der Waals surface area contributed by atoms with Gasteiger partial charge in [-0.25, -0.2) is 0 Å². The number of hydrogen-bond acceptors (Lipinski definition) is 2. The number of benzene rings is 2. The lowest BCUT2D eigenvalue weighted by atomic mass is 10.2. The Morgan fingerprint density at radius 2 is 1.48 bits per heavy atom. The van der Waals surface area contributed by atoms with Crippen molar-refractivity contribution in [1.29, 1.82) is 0 Å². The van der Waals surface area contributed by atoms with Gasteiger partial charge in [-0.2, -0.15) is 0 Å². The highest BCUT2D eigenvalue weighted by molar-refractivity contribution is 5.14. The van der Waals surface area contributed by atoms with Gasteiger partial charge in [-0.15, -0.1) is 0 Å². The lowest BCUT2D eigenvalue weighted by Crippen LogP contribution is -2.12. The minimum absolute atomic E-state index is 0.695. The van der Waals surface area contributed by atoms with Crippen LogP contribution in [0, 0.1) is 0 Å². The van der Waals surface area contributed by atoms with Crippen molar-refractivity contribution < 1.29 is 4.74 Å². The van der Waals surface area contributed by atoms with E-state index in [-0.39, 0.29) is 0 Å². The normalized spacial score (nSPS) is 11.0. The Kier molecular flexibility index (Phi) is 7.32. The van der Waals surface area contributed by atoms with E-state index in [0.717, 1.165) is 26.1 Å². The Labute approximate surface area is 127 Å². The molecule has 0 spiro atoms. The molecule has 0 aliphatic carbocycles. The molecule has 0 aliphatic heterocycles. The molecule has 0 aliphatic rings. The van der Waals surface area contributed by atoms with E-state index in [4.69, 9.17) is 4.74 Å². The zero-order valence-electron chi connectivity index (χ0n) is 12.4. The first-order valence-corrected chi connectivity index (χ1v) is 7.46. The average molecular weight is 281 g/mol. The summed E-state index contributed by atoms with van der Waals surface area (Å²) < 4.78 is 5.62. The van der Waals surface area contributed by atoms with Crippen LogP contribution in [0.5, 0.6) is 0 Å². The topological polar surface area (TPSA) is 21.3 Å². The highest BCUT2D eigenvalue weighted by Crippen LogP contribution is 2.01. The van der Waals surface area contributed by atoms with Gasteiger partial charge in [0.25, 0.3) is 0 Å². The number of hydrogen-bond donors (Lipinski definition) is 1. The molecule has 2 heteroatoms. The van der Waals surface area contributed by atoms with Crippen LogP contribution in [0.15, 0.2) is 72.8 Å². The molecule has 0 bridgehead atoms. The van der Waals surface area contributed by atoms with Crippen molar-refractivity contribution in [2.75, 3.05) is 13.2 Å². The number of ether oxygens (including phenoxy) is 1. The first-order chi connectivity index (χ1) is 10.4. The van der Waals surface area contributed by atoms with Crippen molar-refractivity contribution in [3.05, 3.63) is 83.9 Å². The second-order valence-corrected chi connectivity index (χ2v) is 4.91. The van der Waals surface area contributed by atoms with Crippen molar-refractivity contribution in [1.82, 2.24) is 5.32 Å². The fourth-order valence-electron chi connectivity index (χ4n) is 2.01. The molecule has 21 heavy (non-hydrogen) atoms. The van der Waals surface area contributed by atoms with Crippen LogP contribution in [0.2, 0.25) is 0 Å². The van der Waals surface area contributed by atoms with Crippen LogP contribution in [-0.2, 0) is 17.9 Å². The largest absolute Gasteiger partial charge is 0.376 e. The maximum absolute atomic E-state index is 5.62. The van der Waals surface area contributed by atoms with Crippen LogP contribution in [0.3, 0.4) is 0 Å². The van der Waals surface area contributed by atoms with Crippen molar-refractivity contribution in [3.63, 3.8) is 0 Å². The third-order valence-corrected chi connectivity index (χ3v) is 3.14. The van der Waals surface area contributed by atoms with Gasteiger partial charge in [0.2, 0.25) is 0 Å². The minimum atomic E-state index is 0.695. The van der Waals surface area contributed by atoms with Crippen molar-refractivity contribution in [3.8, 4) is 0 Å². The summed E-state index contributed by atoms with van der Waals surface area (Å²) in [5, 5.41) is 3.39. The first kappa shape index (κ1) is 15.5. The van der Waals surface area contributed by atoms with E-state index in [1.165, 1.54) is 11.1 Å². The molecule has 2 aromatic rings. The van der Waals surface area contributed by atoms with Gasteiger partial charge in [0.1, 0.15) is 0 Å². The van der Waals surface area contributed by atoms with Crippen molar-refractivity contribution >= 4 is 0 Å².